The zero-order chi connectivity index (χ0) is 12.0. The maximum absolute atomic E-state index is 11.5. The molecule has 1 fully saturated rings. The highest BCUT2D eigenvalue weighted by molar-refractivity contribution is 5.75. The Hall–Kier alpha value is -0.570. The van der Waals surface area contributed by atoms with E-state index >= 15 is 0 Å². The molecule has 0 aliphatic carbocycles. The molecule has 0 aromatic rings. The fraction of sp³-hybridized carbons (Fsp3) is 0.923. The van der Waals surface area contributed by atoms with E-state index < -0.39 is 0 Å². The Kier molecular flexibility index (Phi) is 5.81. The van der Waals surface area contributed by atoms with Crippen LogP contribution in [0.4, 0.5) is 0 Å². The summed E-state index contributed by atoms with van der Waals surface area (Å²) in [5.74, 6) is 0.821. The molecule has 1 N–H and O–H groups in total. The van der Waals surface area contributed by atoms with Gasteiger partial charge < -0.3 is 5.32 Å². The third-order valence-electron chi connectivity index (χ3n) is 3.31. The van der Waals surface area contributed by atoms with Gasteiger partial charge in [-0.05, 0) is 45.2 Å². The minimum atomic E-state index is 0.208. The van der Waals surface area contributed by atoms with Crippen molar-refractivity contribution in [3.05, 3.63) is 0 Å². The van der Waals surface area contributed by atoms with Crippen molar-refractivity contribution in [3.8, 4) is 0 Å². The summed E-state index contributed by atoms with van der Waals surface area (Å²) in [7, 11) is 0. The standard InChI is InChI=1S/C13H26N2O/c1-11(2)6-7-13(16)14-10-12(3)15-8-4-5-9-15/h11-12H,4-10H2,1-3H3,(H,14,16). The lowest BCUT2D eigenvalue weighted by atomic mass is 10.1. The normalized spacial score (nSPS) is 19.0. The predicted octanol–water partition coefficient (Wildman–Crippen LogP) is 2.02. The second-order valence-corrected chi connectivity index (χ2v) is 5.33. The first-order valence-corrected chi connectivity index (χ1v) is 6.60. The van der Waals surface area contributed by atoms with Gasteiger partial charge in [-0.15, -0.1) is 0 Å². The molecule has 0 aromatic carbocycles. The largest absolute Gasteiger partial charge is 0.355 e. The number of rotatable bonds is 6. The highest BCUT2D eigenvalue weighted by Gasteiger charge is 2.18. The smallest absolute Gasteiger partial charge is 0.220 e. The van der Waals surface area contributed by atoms with E-state index in [1.165, 1.54) is 25.9 Å². The molecule has 1 unspecified atom stereocenters. The van der Waals surface area contributed by atoms with Crippen LogP contribution in [0.2, 0.25) is 0 Å². The van der Waals surface area contributed by atoms with Crippen LogP contribution in [0.15, 0.2) is 0 Å². The van der Waals surface area contributed by atoms with E-state index in [0.29, 0.717) is 18.4 Å². The van der Waals surface area contributed by atoms with Gasteiger partial charge in [0.25, 0.3) is 0 Å². The quantitative estimate of drug-likeness (QED) is 0.751. The minimum Gasteiger partial charge on any atom is -0.355 e. The Labute approximate surface area is 99.6 Å². The third kappa shape index (κ3) is 4.97. The van der Waals surface area contributed by atoms with E-state index in [0.717, 1.165) is 13.0 Å². The van der Waals surface area contributed by atoms with Crippen molar-refractivity contribution >= 4 is 5.91 Å². The highest BCUT2D eigenvalue weighted by atomic mass is 16.1. The molecule has 1 saturated heterocycles. The lowest BCUT2D eigenvalue weighted by Gasteiger charge is -2.23. The Balaban J connectivity index is 2.10. The van der Waals surface area contributed by atoms with Crippen molar-refractivity contribution in [2.45, 2.75) is 52.5 Å². The molecule has 3 nitrogen and oxygen atoms in total. The average Bonchev–Trinajstić information content (AvgIpc) is 2.76. The summed E-state index contributed by atoms with van der Waals surface area (Å²) in [6, 6.07) is 0.491. The zero-order valence-corrected chi connectivity index (χ0v) is 11.0. The molecular weight excluding hydrogens is 200 g/mol. The highest BCUT2D eigenvalue weighted by Crippen LogP contribution is 2.10. The van der Waals surface area contributed by atoms with Gasteiger partial charge in [0, 0.05) is 19.0 Å². The SMILES string of the molecule is CC(C)CCC(=O)NCC(C)N1CCCC1. The maximum Gasteiger partial charge on any atom is 0.220 e. The average molecular weight is 226 g/mol. The van der Waals surface area contributed by atoms with Crippen LogP contribution in [-0.2, 0) is 4.79 Å². The number of carbonyl (C=O) groups is 1. The first-order chi connectivity index (χ1) is 7.59. The number of hydrogen-bond donors (Lipinski definition) is 1. The van der Waals surface area contributed by atoms with E-state index in [1.807, 2.05) is 0 Å². The summed E-state index contributed by atoms with van der Waals surface area (Å²) in [5.41, 5.74) is 0. The van der Waals surface area contributed by atoms with Gasteiger partial charge in [-0.1, -0.05) is 13.8 Å². The van der Waals surface area contributed by atoms with Crippen molar-refractivity contribution < 1.29 is 4.79 Å². The molecule has 0 spiro atoms. The van der Waals surface area contributed by atoms with Gasteiger partial charge in [0.15, 0.2) is 0 Å². The summed E-state index contributed by atoms with van der Waals surface area (Å²) in [4.78, 5) is 14.0. The number of amides is 1. The van der Waals surface area contributed by atoms with Gasteiger partial charge in [-0.2, -0.15) is 0 Å². The fourth-order valence-electron chi connectivity index (χ4n) is 2.08. The summed E-state index contributed by atoms with van der Waals surface area (Å²) in [5, 5.41) is 3.03. The number of nitrogens with one attached hydrogen (secondary N) is 1. The van der Waals surface area contributed by atoms with Gasteiger partial charge in [-0.25, -0.2) is 0 Å². The van der Waals surface area contributed by atoms with Crippen LogP contribution in [0.1, 0.15) is 46.5 Å². The molecule has 1 atom stereocenters. The molecule has 0 bridgehead atoms. The second-order valence-electron chi connectivity index (χ2n) is 5.33. The lowest BCUT2D eigenvalue weighted by Crippen LogP contribution is -2.40. The van der Waals surface area contributed by atoms with Crippen molar-refractivity contribution in [1.29, 1.82) is 0 Å². The van der Waals surface area contributed by atoms with Gasteiger partial charge in [0.2, 0.25) is 5.91 Å². The third-order valence-corrected chi connectivity index (χ3v) is 3.31. The predicted molar refractivity (Wildman–Crippen MR) is 67.4 cm³/mol. The molecule has 1 amide bonds. The first kappa shape index (κ1) is 13.5. The van der Waals surface area contributed by atoms with Crippen molar-refractivity contribution in [2.75, 3.05) is 19.6 Å². The number of hydrogen-bond acceptors (Lipinski definition) is 2. The Morgan fingerprint density at radius 3 is 2.44 bits per heavy atom. The summed E-state index contributed by atoms with van der Waals surface area (Å²) in [6.45, 7) is 9.71. The Bertz CT molecular complexity index is 210. The van der Waals surface area contributed by atoms with Gasteiger partial charge in [-0.3, -0.25) is 9.69 Å². The van der Waals surface area contributed by atoms with E-state index in [1.54, 1.807) is 0 Å². The van der Waals surface area contributed by atoms with Crippen LogP contribution < -0.4 is 5.32 Å². The molecule has 94 valence electrons. The Morgan fingerprint density at radius 1 is 1.25 bits per heavy atom. The number of nitrogens with zero attached hydrogens (tertiary/aromatic N) is 1. The first-order valence-electron chi connectivity index (χ1n) is 6.60. The molecular formula is C13H26N2O. The molecule has 1 aliphatic rings. The van der Waals surface area contributed by atoms with Crippen LogP contribution in [0.3, 0.4) is 0 Å². The van der Waals surface area contributed by atoms with E-state index in [2.05, 4.69) is 31.0 Å². The topological polar surface area (TPSA) is 32.3 Å². The van der Waals surface area contributed by atoms with Crippen molar-refractivity contribution in [1.82, 2.24) is 10.2 Å². The van der Waals surface area contributed by atoms with Gasteiger partial charge in [0.05, 0.1) is 0 Å². The Morgan fingerprint density at radius 2 is 1.88 bits per heavy atom. The minimum absolute atomic E-state index is 0.208. The maximum atomic E-state index is 11.5. The van der Waals surface area contributed by atoms with Gasteiger partial charge in [0.1, 0.15) is 0 Å². The van der Waals surface area contributed by atoms with E-state index in [4.69, 9.17) is 0 Å². The van der Waals surface area contributed by atoms with E-state index in [9.17, 15) is 4.79 Å². The summed E-state index contributed by atoms with van der Waals surface area (Å²) < 4.78 is 0. The lowest BCUT2D eigenvalue weighted by molar-refractivity contribution is -0.121. The van der Waals surface area contributed by atoms with E-state index in [-0.39, 0.29) is 5.91 Å². The van der Waals surface area contributed by atoms with Crippen molar-refractivity contribution in [2.24, 2.45) is 5.92 Å². The summed E-state index contributed by atoms with van der Waals surface area (Å²) >= 11 is 0. The number of carbonyl (C=O) groups excluding carboxylic acids is 1. The zero-order valence-electron chi connectivity index (χ0n) is 11.0. The fourth-order valence-corrected chi connectivity index (χ4v) is 2.08. The van der Waals surface area contributed by atoms with Gasteiger partial charge >= 0.3 is 0 Å². The van der Waals surface area contributed by atoms with Crippen LogP contribution in [0.5, 0.6) is 0 Å². The van der Waals surface area contributed by atoms with Crippen LogP contribution in [-0.4, -0.2) is 36.5 Å². The molecule has 0 saturated carbocycles. The molecule has 1 heterocycles. The molecule has 3 heteroatoms. The second kappa shape index (κ2) is 6.89. The molecule has 0 radical (unpaired) electrons. The molecule has 0 aromatic heterocycles. The molecule has 1 rings (SSSR count). The van der Waals surface area contributed by atoms with Crippen molar-refractivity contribution in [3.63, 3.8) is 0 Å². The summed E-state index contributed by atoms with van der Waals surface area (Å²) in [6.07, 6.45) is 4.28. The number of likely N-dealkylation sites (tertiary alicyclic amines) is 1. The van der Waals surface area contributed by atoms with Crippen LogP contribution >= 0.6 is 0 Å². The molecule has 16 heavy (non-hydrogen) atoms. The monoisotopic (exact) mass is 226 g/mol. The van der Waals surface area contributed by atoms with Crippen LogP contribution in [0.25, 0.3) is 0 Å². The van der Waals surface area contributed by atoms with Crippen LogP contribution in [0, 0.1) is 5.92 Å². The molecule has 1 aliphatic heterocycles.